The van der Waals surface area contributed by atoms with Crippen molar-refractivity contribution in [3.8, 4) is 0 Å². The van der Waals surface area contributed by atoms with Gasteiger partial charge in [0.1, 0.15) is 24.2 Å². The molecule has 2 aliphatic heterocycles. The standard InChI is InChI=1S/C15H27N3O5.C13H23N3O4S/c1-4-8(2)11(16)13(20)17-12(9(3)19)14(21)18-7-5-6-10(18)15(22)23;1-8(15-11(17)9(14)5-7-21-2)12(18)16-6-3-4-10(16)13(19)20/h8-12,19H,4-7,16H2,1-3H3,(H,17,20)(H,22,23);8-10H,3-7,14H2,1-2H3,(H,15,17)(H,19,20)/t8-,9+,10-,11-,12-;8-,9-,10-/m00/s1. The third-order valence-corrected chi connectivity index (χ3v) is 8.59. The maximum absolute atomic E-state index is 12.5. The van der Waals surface area contributed by atoms with Crippen molar-refractivity contribution in [3.05, 3.63) is 0 Å². The molecular formula is C28H50N6O9S. The Bertz CT molecular complexity index is 1020. The number of aliphatic hydroxyl groups excluding tert-OH is 1. The highest BCUT2D eigenvalue weighted by atomic mass is 32.2. The van der Waals surface area contributed by atoms with E-state index in [0.717, 1.165) is 5.75 Å². The van der Waals surface area contributed by atoms with Crippen LogP contribution in [0.2, 0.25) is 0 Å². The first-order valence-electron chi connectivity index (χ1n) is 14.9. The van der Waals surface area contributed by atoms with Gasteiger partial charge in [-0.05, 0) is 63.9 Å². The minimum atomic E-state index is -1.20. The van der Waals surface area contributed by atoms with Crippen molar-refractivity contribution in [2.45, 2.75) is 109 Å². The van der Waals surface area contributed by atoms with Crippen molar-refractivity contribution in [1.82, 2.24) is 20.4 Å². The minimum absolute atomic E-state index is 0.0710. The number of nitrogens with zero attached hydrogens (tertiary/aromatic N) is 2. The number of carbonyl (C=O) groups excluding carboxylic acids is 4. The average Bonchev–Trinajstić information content (AvgIpc) is 3.67. The maximum atomic E-state index is 12.5. The molecule has 2 fully saturated rings. The number of amides is 4. The SMILES string of the molecule is CC[C@H](C)[C@H](N)C(=O)N[C@H](C(=O)N1CCC[C@H]1C(=O)O)[C@@H](C)O.CSCC[C@H](N)C(=O)N[C@@H](C)C(=O)N1CCC[C@H]1C(=O)O. The Morgan fingerprint density at radius 3 is 1.80 bits per heavy atom. The van der Waals surface area contributed by atoms with Gasteiger partial charge < -0.3 is 47.2 Å². The number of likely N-dealkylation sites (tertiary alicyclic amines) is 2. The molecule has 4 amide bonds. The highest BCUT2D eigenvalue weighted by Crippen LogP contribution is 2.20. The van der Waals surface area contributed by atoms with Crippen LogP contribution in [-0.4, -0.2) is 128 Å². The van der Waals surface area contributed by atoms with E-state index in [2.05, 4.69) is 10.6 Å². The average molecular weight is 647 g/mol. The molecule has 9 N–H and O–H groups in total. The van der Waals surface area contributed by atoms with Gasteiger partial charge in [0, 0.05) is 13.1 Å². The van der Waals surface area contributed by atoms with Crippen LogP contribution in [0.1, 0.15) is 66.2 Å². The van der Waals surface area contributed by atoms with Gasteiger partial charge in [-0.25, -0.2) is 9.59 Å². The normalized spacial score (nSPS) is 22.0. The molecule has 0 radical (unpaired) electrons. The van der Waals surface area contributed by atoms with Crippen LogP contribution in [0.3, 0.4) is 0 Å². The molecule has 252 valence electrons. The Balaban J connectivity index is 0.000000442. The Morgan fingerprint density at radius 2 is 1.36 bits per heavy atom. The summed E-state index contributed by atoms with van der Waals surface area (Å²) in [6.07, 6.45) is 4.08. The van der Waals surface area contributed by atoms with Gasteiger partial charge in [0.15, 0.2) is 0 Å². The van der Waals surface area contributed by atoms with Crippen molar-refractivity contribution in [2.75, 3.05) is 25.1 Å². The summed E-state index contributed by atoms with van der Waals surface area (Å²) in [5.74, 6) is -3.25. The molecule has 0 spiro atoms. The number of hydrogen-bond acceptors (Lipinski definition) is 10. The summed E-state index contributed by atoms with van der Waals surface area (Å²) < 4.78 is 0. The number of rotatable bonds is 14. The van der Waals surface area contributed by atoms with Crippen molar-refractivity contribution in [2.24, 2.45) is 17.4 Å². The first-order chi connectivity index (χ1) is 20.6. The number of thioether (sulfide) groups is 1. The Hall–Kier alpha value is -2.95. The van der Waals surface area contributed by atoms with Crippen LogP contribution >= 0.6 is 11.8 Å². The third kappa shape index (κ3) is 11.2. The Kier molecular flexibility index (Phi) is 16.7. The van der Waals surface area contributed by atoms with E-state index >= 15 is 0 Å². The van der Waals surface area contributed by atoms with E-state index in [1.807, 2.05) is 20.1 Å². The first-order valence-corrected chi connectivity index (χ1v) is 16.3. The number of nitrogens with two attached hydrogens (primary N) is 2. The molecule has 8 atom stereocenters. The molecular weight excluding hydrogens is 596 g/mol. The highest BCUT2D eigenvalue weighted by molar-refractivity contribution is 7.98. The zero-order valence-electron chi connectivity index (χ0n) is 26.2. The number of aliphatic hydroxyl groups is 1. The molecule has 0 unspecified atom stereocenters. The van der Waals surface area contributed by atoms with Gasteiger partial charge in [-0.1, -0.05) is 20.3 Å². The smallest absolute Gasteiger partial charge is 0.326 e. The third-order valence-electron chi connectivity index (χ3n) is 7.95. The lowest BCUT2D eigenvalue weighted by molar-refractivity contribution is -0.150. The number of aliphatic carboxylic acids is 2. The van der Waals surface area contributed by atoms with Crippen molar-refractivity contribution in [3.63, 3.8) is 0 Å². The van der Waals surface area contributed by atoms with Crippen LogP contribution in [0.4, 0.5) is 0 Å². The number of carboxylic acid groups (broad SMARTS) is 2. The molecule has 0 aromatic heterocycles. The lowest BCUT2D eigenvalue weighted by atomic mass is 9.98. The largest absolute Gasteiger partial charge is 0.480 e. The lowest BCUT2D eigenvalue weighted by Crippen LogP contribution is -2.58. The van der Waals surface area contributed by atoms with E-state index < -0.39 is 66.1 Å². The summed E-state index contributed by atoms with van der Waals surface area (Å²) in [6.45, 7) is 7.37. The highest BCUT2D eigenvalue weighted by Gasteiger charge is 2.40. The van der Waals surface area contributed by atoms with Gasteiger partial charge in [0.25, 0.3) is 0 Å². The van der Waals surface area contributed by atoms with Gasteiger partial charge >= 0.3 is 11.9 Å². The predicted octanol–water partition coefficient (Wildman–Crippen LogP) is -1.05. The van der Waals surface area contributed by atoms with E-state index in [1.165, 1.54) is 16.7 Å². The quantitative estimate of drug-likeness (QED) is 0.119. The molecule has 16 heteroatoms. The fourth-order valence-electron chi connectivity index (χ4n) is 4.91. The second-order valence-corrected chi connectivity index (χ2v) is 12.3. The summed E-state index contributed by atoms with van der Waals surface area (Å²) in [5.41, 5.74) is 11.6. The fourth-order valence-corrected chi connectivity index (χ4v) is 5.40. The lowest BCUT2D eigenvalue weighted by Gasteiger charge is -2.30. The van der Waals surface area contributed by atoms with Gasteiger partial charge in [-0.3, -0.25) is 19.2 Å². The van der Waals surface area contributed by atoms with E-state index in [1.54, 1.807) is 18.7 Å². The van der Waals surface area contributed by atoms with E-state index in [-0.39, 0.29) is 17.7 Å². The van der Waals surface area contributed by atoms with Gasteiger partial charge in [0.05, 0.1) is 18.2 Å². The summed E-state index contributed by atoms with van der Waals surface area (Å²) in [7, 11) is 0. The molecule has 0 aromatic carbocycles. The number of hydrogen-bond donors (Lipinski definition) is 7. The van der Waals surface area contributed by atoms with Crippen LogP contribution in [0, 0.1) is 5.92 Å². The molecule has 0 saturated carbocycles. The van der Waals surface area contributed by atoms with Crippen LogP contribution in [0.25, 0.3) is 0 Å². The van der Waals surface area contributed by atoms with Crippen LogP contribution in [-0.2, 0) is 28.8 Å². The summed E-state index contributed by atoms with van der Waals surface area (Å²) in [6, 6.07) is -5.11. The van der Waals surface area contributed by atoms with Gasteiger partial charge in [0.2, 0.25) is 23.6 Å². The summed E-state index contributed by atoms with van der Waals surface area (Å²) >= 11 is 1.60. The fraction of sp³-hybridized carbons (Fsp3) is 0.786. The first kappa shape index (κ1) is 39.1. The minimum Gasteiger partial charge on any atom is -0.480 e. The second-order valence-electron chi connectivity index (χ2n) is 11.3. The number of carbonyl (C=O) groups is 6. The van der Waals surface area contributed by atoms with Crippen LogP contribution in [0.15, 0.2) is 0 Å². The van der Waals surface area contributed by atoms with Crippen molar-refractivity contribution in [1.29, 1.82) is 0 Å². The van der Waals surface area contributed by atoms with E-state index in [9.17, 15) is 33.9 Å². The summed E-state index contributed by atoms with van der Waals surface area (Å²) in [5, 5.41) is 33.1. The van der Waals surface area contributed by atoms with Crippen LogP contribution in [0.5, 0.6) is 0 Å². The molecule has 2 rings (SSSR count). The number of nitrogens with one attached hydrogen (secondary N) is 2. The van der Waals surface area contributed by atoms with E-state index in [0.29, 0.717) is 51.6 Å². The summed E-state index contributed by atoms with van der Waals surface area (Å²) in [4.78, 5) is 73.6. The van der Waals surface area contributed by atoms with E-state index in [4.69, 9.17) is 21.7 Å². The molecule has 0 aliphatic carbocycles. The van der Waals surface area contributed by atoms with Crippen LogP contribution < -0.4 is 22.1 Å². The maximum Gasteiger partial charge on any atom is 0.326 e. The van der Waals surface area contributed by atoms with Crippen molar-refractivity contribution < 1.29 is 44.1 Å². The Morgan fingerprint density at radius 1 is 0.864 bits per heavy atom. The van der Waals surface area contributed by atoms with Gasteiger partial charge in [-0.2, -0.15) is 11.8 Å². The second kappa shape index (κ2) is 18.8. The monoisotopic (exact) mass is 646 g/mol. The zero-order chi connectivity index (χ0) is 33.7. The molecule has 0 aromatic rings. The molecule has 2 saturated heterocycles. The topological polar surface area (TPSA) is 246 Å². The molecule has 2 heterocycles. The predicted molar refractivity (Wildman–Crippen MR) is 164 cm³/mol. The molecule has 15 nitrogen and oxygen atoms in total. The number of carboxylic acids is 2. The molecule has 2 aliphatic rings. The molecule has 44 heavy (non-hydrogen) atoms. The molecule has 0 bridgehead atoms. The van der Waals surface area contributed by atoms with Gasteiger partial charge in [-0.15, -0.1) is 0 Å². The zero-order valence-corrected chi connectivity index (χ0v) is 27.0. The Labute approximate surface area is 262 Å². The van der Waals surface area contributed by atoms with Crippen molar-refractivity contribution >= 4 is 47.3 Å².